The molecule has 1 aromatic carbocycles. The smallest absolute Gasteiger partial charge is 0.226 e. The van der Waals surface area contributed by atoms with Crippen LogP contribution in [0.15, 0.2) is 34.3 Å². The number of para-hydroxylation sites is 1. The summed E-state index contributed by atoms with van der Waals surface area (Å²) in [5, 5.41) is 1.49. The van der Waals surface area contributed by atoms with Crippen LogP contribution in [0.25, 0.3) is 0 Å². The summed E-state index contributed by atoms with van der Waals surface area (Å²) < 4.78 is 5.33. The molecule has 0 unspecified atom stereocenters. The first kappa shape index (κ1) is 19.2. The number of ether oxygens (including phenoxy) is 1. The van der Waals surface area contributed by atoms with Crippen molar-refractivity contribution in [2.45, 2.75) is 32.4 Å². The number of hydrogen-bond donors (Lipinski definition) is 2. The molecule has 0 atom stereocenters. The quantitative estimate of drug-likeness (QED) is 0.727. The lowest BCUT2D eigenvalue weighted by molar-refractivity contribution is -0.157. The van der Waals surface area contributed by atoms with E-state index in [1.54, 1.807) is 7.11 Å². The summed E-state index contributed by atoms with van der Waals surface area (Å²) in [4.78, 5) is 13.9. The Morgan fingerprint density at radius 2 is 1.91 bits per heavy atom. The molecule has 1 aromatic rings. The summed E-state index contributed by atoms with van der Waals surface area (Å²) in [5.41, 5.74) is 11.9. The number of halogens is 1. The Bertz CT molecular complexity index is 589. The van der Waals surface area contributed by atoms with E-state index >= 15 is 0 Å². The van der Waals surface area contributed by atoms with Gasteiger partial charge in [0.25, 0.3) is 0 Å². The fourth-order valence-electron chi connectivity index (χ4n) is 2.35. The van der Waals surface area contributed by atoms with Crippen LogP contribution in [0, 0.1) is 0 Å². The molecular formula is C15H24BrN5O2. The molecule has 0 amide bonds. The molecule has 0 aromatic heterocycles. The highest BCUT2D eigenvalue weighted by Crippen LogP contribution is 2.21. The minimum absolute atomic E-state index is 0. The van der Waals surface area contributed by atoms with Gasteiger partial charge < -0.3 is 16.2 Å². The predicted octanol–water partition coefficient (Wildman–Crippen LogP) is 1.82. The number of hydroxylamine groups is 2. The molecule has 1 aliphatic rings. The van der Waals surface area contributed by atoms with Crippen molar-refractivity contribution < 1.29 is 9.57 Å². The summed E-state index contributed by atoms with van der Waals surface area (Å²) in [6.07, 6.45) is 1.67. The number of aliphatic imine (C=N–C) groups is 2. The number of nitrogens with zero attached hydrogens (tertiary/aromatic N) is 3. The molecule has 0 saturated carbocycles. The maximum absolute atomic E-state index is 5.85. The lowest BCUT2D eigenvalue weighted by atomic mass is 10.1. The van der Waals surface area contributed by atoms with Crippen LogP contribution < -0.4 is 16.2 Å². The van der Waals surface area contributed by atoms with E-state index < -0.39 is 5.66 Å². The third-order valence-corrected chi connectivity index (χ3v) is 3.33. The molecule has 8 heteroatoms. The van der Waals surface area contributed by atoms with Crippen LogP contribution in [0.3, 0.4) is 0 Å². The lowest BCUT2D eigenvalue weighted by Gasteiger charge is -2.36. The third kappa shape index (κ3) is 4.84. The van der Waals surface area contributed by atoms with Gasteiger partial charge in [0.2, 0.25) is 11.9 Å². The molecule has 0 radical (unpaired) electrons. The number of guanidine groups is 2. The van der Waals surface area contributed by atoms with E-state index in [4.69, 9.17) is 21.0 Å². The molecule has 4 N–H and O–H groups in total. The maximum Gasteiger partial charge on any atom is 0.226 e. The highest BCUT2D eigenvalue weighted by molar-refractivity contribution is 8.93. The van der Waals surface area contributed by atoms with Crippen LogP contribution in [-0.2, 0) is 11.3 Å². The molecule has 1 aliphatic heterocycles. The van der Waals surface area contributed by atoms with Crippen molar-refractivity contribution in [3.05, 3.63) is 29.8 Å². The zero-order chi connectivity index (χ0) is 16.2. The first-order chi connectivity index (χ1) is 10.4. The van der Waals surface area contributed by atoms with Gasteiger partial charge >= 0.3 is 0 Å². The van der Waals surface area contributed by atoms with Crippen LogP contribution >= 0.6 is 17.0 Å². The van der Waals surface area contributed by atoms with Crippen molar-refractivity contribution >= 4 is 28.9 Å². The van der Waals surface area contributed by atoms with Gasteiger partial charge in [0, 0.05) is 0 Å². The molecule has 7 nitrogen and oxygen atoms in total. The van der Waals surface area contributed by atoms with E-state index in [-0.39, 0.29) is 28.9 Å². The summed E-state index contributed by atoms with van der Waals surface area (Å²) in [6, 6.07) is 7.94. The standard InChI is InChI=1S/C15H23N5O2.BrH/c1-15(2)19-13(16)18-14(17)20(15)22-10-6-8-11-7-4-5-9-12(11)21-3;/h4-5,7,9H,6,8,10H2,1-3H3,(H4,16,17,18,19);1H. The fraction of sp³-hybridized carbons (Fsp3) is 0.467. The van der Waals surface area contributed by atoms with Gasteiger partial charge in [-0.1, -0.05) is 18.2 Å². The Hall–Kier alpha value is -1.80. The molecule has 0 bridgehead atoms. The maximum atomic E-state index is 5.85. The van der Waals surface area contributed by atoms with E-state index in [1.165, 1.54) is 5.06 Å². The van der Waals surface area contributed by atoms with Crippen molar-refractivity contribution in [2.24, 2.45) is 21.5 Å². The third-order valence-electron chi connectivity index (χ3n) is 3.33. The van der Waals surface area contributed by atoms with Crippen molar-refractivity contribution in [2.75, 3.05) is 13.7 Å². The van der Waals surface area contributed by atoms with Crippen molar-refractivity contribution in [3.8, 4) is 5.75 Å². The Morgan fingerprint density at radius 3 is 2.57 bits per heavy atom. The van der Waals surface area contributed by atoms with E-state index in [2.05, 4.69) is 9.98 Å². The number of benzene rings is 1. The topological polar surface area (TPSA) is 98.5 Å². The average molecular weight is 386 g/mol. The number of hydrogen-bond acceptors (Lipinski definition) is 7. The lowest BCUT2D eigenvalue weighted by Crippen LogP contribution is -2.53. The van der Waals surface area contributed by atoms with Gasteiger partial charge in [-0.2, -0.15) is 10.1 Å². The monoisotopic (exact) mass is 385 g/mol. The van der Waals surface area contributed by atoms with Gasteiger partial charge in [-0.25, -0.2) is 4.99 Å². The molecule has 128 valence electrons. The van der Waals surface area contributed by atoms with Crippen LogP contribution in [0.1, 0.15) is 25.8 Å². The van der Waals surface area contributed by atoms with Crippen LogP contribution in [0.4, 0.5) is 0 Å². The van der Waals surface area contributed by atoms with E-state index in [0.29, 0.717) is 6.61 Å². The number of aryl methyl sites for hydroxylation is 1. The molecule has 2 rings (SSSR count). The van der Waals surface area contributed by atoms with Gasteiger partial charge in [-0.3, -0.25) is 4.84 Å². The Kier molecular flexibility index (Phi) is 6.83. The van der Waals surface area contributed by atoms with Gasteiger partial charge in [0.05, 0.1) is 13.7 Å². The first-order valence-electron chi connectivity index (χ1n) is 7.18. The number of nitrogens with two attached hydrogens (primary N) is 2. The minimum atomic E-state index is -0.666. The summed E-state index contributed by atoms with van der Waals surface area (Å²) in [7, 11) is 1.67. The molecule has 23 heavy (non-hydrogen) atoms. The Labute approximate surface area is 147 Å². The van der Waals surface area contributed by atoms with Crippen molar-refractivity contribution in [1.29, 1.82) is 0 Å². The first-order valence-corrected chi connectivity index (χ1v) is 7.18. The van der Waals surface area contributed by atoms with Crippen LogP contribution in [0.5, 0.6) is 5.75 Å². The largest absolute Gasteiger partial charge is 0.496 e. The van der Waals surface area contributed by atoms with Crippen LogP contribution in [-0.4, -0.2) is 36.4 Å². The van der Waals surface area contributed by atoms with Crippen molar-refractivity contribution in [1.82, 2.24) is 5.06 Å². The average Bonchev–Trinajstić information content (AvgIpc) is 2.45. The van der Waals surface area contributed by atoms with Gasteiger partial charge in [-0.05, 0) is 38.3 Å². The number of methoxy groups -OCH3 is 1. The van der Waals surface area contributed by atoms with Gasteiger partial charge in [-0.15, -0.1) is 17.0 Å². The minimum Gasteiger partial charge on any atom is -0.496 e. The molecule has 1 heterocycles. The zero-order valence-electron chi connectivity index (χ0n) is 13.7. The highest BCUT2D eigenvalue weighted by Gasteiger charge is 2.32. The summed E-state index contributed by atoms with van der Waals surface area (Å²) in [6.45, 7) is 4.22. The second-order valence-electron chi connectivity index (χ2n) is 5.48. The predicted molar refractivity (Wildman–Crippen MR) is 96.8 cm³/mol. The molecule has 0 fully saturated rings. The Balaban J connectivity index is 0.00000264. The number of rotatable bonds is 6. The van der Waals surface area contributed by atoms with Crippen LogP contribution in [0.2, 0.25) is 0 Å². The van der Waals surface area contributed by atoms with Crippen molar-refractivity contribution in [3.63, 3.8) is 0 Å². The summed E-state index contributed by atoms with van der Waals surface area (Å²) in [5.74, 6) is 1.27. The summed E-state index contributed by atoms with van der Waals surface area (Å²) >= 11 is 0. The highest BCUT2D eigenvalue weighted by atomic mass is 79.9. The molecular weight excluding hydrogens is 362 g/mol. The fourth-order valence-corrected chi connectivity index (χ4v) is 2.35. The second kappa shape index (κ2) is 8.16. The molecule has 0 aliphatic carbocycles. The van der Waals surface area contributed by atoms with Gasteiger partial charge in [0.1, 0.15) is 5.75 Å². The zero-order valence-corrected chi connectivity index (χ0v) is 15.4. The Morgan fingerprint density at radius 1 is 1.22 bits per heavy atom. The van der Waals surface area contributed by atoms with Gasteiger partial charge in [0.15, 0.2) is 5.66 Å². The SMILES string of the molecule is Br.COc1ccccc1CCCON1C(N)=NC(N)=NC1(C)C. The van der Waals surface area contributed by atoms with E-state index in [0.717, 1.165) is 24.2 Å². The normalized spacial score (nSPS) is 16.2. The van der Waals surface area contributed by atoms with E-state index in [9.17, 15) is 0 Å². The van der Waals surface area contributed by atoms with E-state index in [1.807, 2.05) is 38.1 Å². The molecule has 0 saturated heterocycles. The second-order valence-corrected chi connectivity index (χ2v) is 5.48. The molecule has 0 spiro atoms.